The molecule has 9 aromatic carbocycles. The molecular formula is C55H37NO. The standard InChI is InChI=1S/C55H37NO/c1-4-16-38(17-5-1)39-28-32-43(33-29-39)56(51-37-36-45(40-18-6-2-7-19-40)54-53(51)48-24-12-15-27-52(48)57-54)44-34-30-42(31-35-44)55(41-20-8-3-9-21-41)49-25-13-10-22-46(49)47-23-11-14-26-50(47)55/h1-37H. The minimum atomic E-state index is -0.472. The van der Waals surface area contributed by atoms with Crippen LogP contribution in [-0.2, 0) is 5.41 Å². The van der Waals surface area contributed by atoms with Crippen LogP contribution >= 0.6 is 0 Å². The summed E-state index contributed by atoms with van der Waals surface area (Å²) in [7, 11) is 0. The van der Waals surface area contributed by atoms with Crippen molar-refractivity contribution in [3.63, 3.8) is 0 Å². The van der Waals surface area contributed by atoms with Crippen LogP contribution in [0.4, 0.5) is 17.1 Å². The lowest BCUT2D eigenvalue weighted by Gasteiger charge is -2.34. The average molecular weight is 728 g/mol. The summed E-state index contributed by atoms with van der Waals surface area (Å²) in [5.74, 6) is 0. The summed E-state index contributed by atoms with van der Waals surface area (Å²) in [4.78, 5) is 2.39. The largest absolute Gasteiger partial charge is 0.455 e. The predicted molar refractivity (Wildman–Crippen MR) is 237 cm³/mol. The Kier molecular flexibility index (Phi) is 7.75. The summed E-state index contributed by atoms with van der Waals surface area (Å²) in [5.41, 5.74) is 16.7. The van der Waals surface area contributed by atoms with E-state index in [1.165, 1.54) is 44.5 Å². The van der Waals surface area contributed by atoms with Crippen LogP contribution in [0.25, 0.3) is 55.3 Å². The molecule has 0 atom stereocenters. The van der Waals surface area contributed by atoms with E-state index in [9.17, 15) is 0 Å². The van der Waals surface area contributed by atoms with Crippen molar-refractivity contribution in [2.45, 2.75) is 5.41 Å². The smallest absolute Gasteiger partial charge is 0.145 e. The third-order valence-electron chi connectivity index (χ3n) is 11.8. The first kappa shape index (κ1) is 33.0. The summed E-state index contributed by atoms with van der Waals surface area (Å²) in [6.45, 7) is 0. The van der Waals surface area contributed by atoms with Crippen molar-refractivity contribution in [1.29, 1.82) is 0 Å². The number of hydrogen-bond donors (Lipinski definition) is 0. The Morgan fingerprint density at radius 3 is 1.49 bits per heavy atom. The van der Waals surface area contributed by atoms with E-state index in [0.717, 1.165) is 50.1 Å². The fourth-order valence-corrected chi connectivity index (χ4v) is 9.28. The molecule has 11 rings (SSSR count). The van der Waals surface area contributed by atoms with E-state index in [-0.39, 0.29) is 0 Å². The average Bonchev–Trinajstić information content (AvgIpc) is 3.83. The molecule has 1 heterocycles. The first-order valence-corrected chi connectivity index (χ1v) is 19.6. The summed E-state index contributed by atoms with van der Waals surface area (Å²) in [6, 6.07) is 81.0. The molecular weight excluding hydrogens is 691 g/mol. The zero-order chi connectivity index (χ0) is 37.8. The van der Waals surface area contributed by atoms with Crippen LogP contribution < -0.4 is 4.90 Å². The molecule has 1 aliphatic rings. The van der Waals surface area contributed by atoms with Crippen LogP contribution in [0.5, 0.6) is 0 Å². The number of benzene rings is 9. The molecule has 10 aromatic rings. The Morgan fingerprint density at radius 2 is 0.842 bits per heavy atom. The van der Waals surface area contributed by atoms with Crippen LogP contribution in [0.2, 0.25) is 0 Å². The maximum absolute atomic E-state index is 6.77. The highest BCUT2D eigenvalue weighted by molar-refractivity contribution is 6.17. The highest BCUT2D eigenvalue weighted by Gasteiger charge is 2.45. The van der Waals surface area contributed by atoms with E-state index in [1.54, 1.807) is 0 Å². The lowest BCUT2D eigenvalue weighted by Crippen LogP contribution is -2.28. The fraction of sp³-hybridized carbons (Fsp3) is 0.0182. The van der Waals surface area contributed by atoms with E-state index in [2.05, 4.69) is 223 Å². The van der Waals surface area contributed by atoms with E-state index in [4.69, 9.17) is 4.42 Å². The second kappa shape index (κ2) is 13.4. The Balaban J connectivity index is 1.14. The Morgan fingerprint density at radius 1 is 0.351 bits per heavy atom. The number of hydrogen-bond acceptors (Lipinski definition) is 2. The van der Waals surface area contributed by atoms with Gasteiger partial charge in [-0.15, -0.1) is 0 Å². The van der Waals surface area contributed by atoms with E-state index in [0.29, 0.717) is 0 Å². The maximum atomic E-state index is 6.77. The Labute approximate surface area is 332 Å². The van der Waals surface area contributed by atoms with Crippen LogP contribution in [0.15, 0.2) is 229 Å². The second-order valence-electron chi connectivity index (χ2n) is 14.8. The van der Waals surface area contributed by atoms with Gasteiger partial charge in [0, 0.05) is 22.3 Å². The lowest BCUT2D eigenvalue weighted by molar-refractivity contribution is 0.670. The van der Waals surface area contributed by atoms with Gasteiger partial charge in [0.2, 0.25) is 0 Å². The van der Waals surface area contributed by atoms with Gasteiger partial charge in [-0.25, -0.2) is 0 Å². The number of anilines is 3. The van der Waals surface area contributed by atoms with Gasteiger partial charge < -0.3 is 9.32 Å². The SMILES string of the molecule is c1ccc(-c2ccc(N(c3ccc(C4(c5ccccc5)c5ccccc5-c5ccccc54)cc3)c3ccc(-c4ccccc4)c4oc5ccccc5c34)cc2)cc1. The third kappa shape index (κ3) is 5.18. The number of fused-ring (bicyclic) bond motifs is 6. The number of para-hydroxylation sites is 1. The molecule has 0 radical (unpaired) electrons. The maximum Gasteiger partial charge on any atom is 0.145 e. The minimum absolute atomic E-state index is 0.472. The van der Waals surface area contributed by atoms with Gasteiger partial charge in [0.1, 0.15) is 11.2 Å². The van der Waals surface area contributed by atoms with Gasteiger partial charge in [-0.3, -0.25) is 0 Å². The van der Waals surface area contributed by atoms with Crippen molar-refractivity contribution in [1.82, 2.24) is 0 Å². The van der Waals surface area contributed by atoms with Crippen LogP contribution in [0.3, 0.4) is 0 Å². The van der Waals surface area contributed by atoms with Gasteiger partial charge in [0.15, 0.2) is 0 Å². The molecule has 0 bridgehead atoms. The van der Waals surface area contributed by atoms with Crippen molar-refractivity contribution in [3.8, 4) is 33.4 Å². The summed E-state index contributed by atoms with van der Waals surface area (Å²) in [5, 5.41) is 2.17. The monoisotopic (exact) mass is 727 g/mol. The van der Waals surface area contributed by atoms with Gasteiger partial charge in [-0.1, -0.05) is 182 Å². The zero-order valence-corrected chi connectivity index (χ0v) is 31.2. The normalized spacial score (nSPS) is 12.7. The van der Waals surface area contributed by atoms with Gasteiger partial charge in [0.05, 0.1) is 16.5 Å². The number of nitrogens with zero attached hydrogens (tertiary/aromatic N) is 1. The molecule has 2 heteroatoms. The van der Waals surface area contributed by atoms with E-state index >= 15 is 0 Å². The van der Waals surface area contributed by atoms with Crippen molar-refractivity contribution in [3.05, 3.63) is 247 Å². The molecule has 0 fully saturated rings. The summed E-state index contributed by atoms with van der Waals surface area (Å²) >= 11 is 0. The van der Waals surface area contributed by atoms with Crippen LogP contribution in [-0.4, -0.2) is 0 Å². The molecule has 0 amide bonds. The summed E-state index contributed by atoms with van der Waals surface area (Å²) < 4.78 is 6.77. The quantitative estimate of drug-likeness (QED) is 0.163. The van der Waals surface area contributed by atoms with Crippen molar-refractivity contribution >= 4 is 39.0 Å². The molecule has 0 unspecified atom stereocenters. The molecule has 0 spiro atoms. The number of furan rings is 1. The molecule has 268 valence electrons. The fourth-order valence-electron chi connectivity index (χ4n) is 9.28. The van der Waals surface area contributed by atoms with Crippen molar-refractivity contribution in [2.75, 3.05) is 4.90 Å². The first-order chi connectivity index (χ1) is 28.3. The van der Waals surface area contributed by atoms with Gasteiger partial charge in [-0.2, -0.15) is 0 Å². The Hall–Kier alpha value is -7.42. The topological polar surface area (TPSA) is 16.4 Å². The lowest BCUT2D eigenvalue weighted by atomic mass is 9.68. The molecule has 0 saturated heterocycles. The Bertz CT molecular complexity index is 2990. The minimum Gasteiger partial charge on any atom is -0.455 e. The number of rotatable bonds is 7. The zero-order valence-electron chi connectivity index (χ0n) is 31.2. The molecule has 1 aliphatic carbocycles. The van der Waals surface area contributed by atoms with Gasteiger partial charge >= 0.3 is 0 Å². The van der Waals surface area contributed by atoms with Crippen molar-refractivity contribution in [2.24, 2.45) is 0 Å². The molecule has 1 aromatic heterocycles. The molecule has 0 saturated carbocycles. The van der Waals surface area contributed by atoms with E-state index < -0.39 is 5.41 Å². The van der Waals surface area contributed by atoms with E-state index in [1.807, 2.05) is 6.07 Å². The van der Waals surface area contributed by atoms with Gasteiger partial charge in [0.25, 0.3) is 0 Å². The first-order valence-electron chi connectivity index (χ1n) is 19.6. The highest BCUT2D eigenvalue weighted by Crippen LogP contribution is 2.56. The molecule has 0 aliphatic heterocycles. The second-order valence-corrected chi connectivity index (χ2v) is 14.8. The summed E-state index contributed by atoms with van der Waals surface area (Å²) in [6.07, 6.45) is 0. The van der Waals surface area contributed by atoms with Crippen LogP contribution in [0.1, 0.15) is 22.3 Å². The highest BCUT2D eigenvalue weighted by atomic mass is 16.3. The molecule has 57 heavy (non-hydrogen) atoms. The third-order valence-corrected chi connectivity index (χ3v) is 11.8. The van der Waals surface area contributed by atoms with Gasteiger partial charge in [-0.05, 0) is 92.5 Å². The predicted octanol–water partition coefficient (Wildman–Crippen LogP) is 14.8. The van der Waals surface area contributed by atoms with Crippen molar-refractivity contribution < 1.29 is 4.42 Å². The molecule has 0 N–H and O–H groups in total. The van der Waals surface area contributed by atoms with Crippen LogP contribution in [0, 0.1) is 0 Å². The molecule has 2 nitrogen and oxygen atoms in total.